The molecule has 186 valence electrons. The minimum atomic E-state index is -3.59. The Morgan fingerprint density at radius 3 is 2.74 bits per heavy atom. The zero-order chi connectivity index (χ0) is 24.4. The monoisotopic (exact) mass is 497 g/mol. The number of anilines is 2. The van der Waals surface area contributed by atoms with Gasteiger partial charge in [0.2, 0.25) is 15.9 Å². The molecule has 2 fully saturated rings. The number of amides is 1. The van der Waals surface area contributed by atoms with E-state index in [2.05, 4.69) is 25.6 Å². The number of hydrogen-bond acceptors (Lipinski definition) is 7. The Hall–Kier alpha value is -3.18. The number of H-pyrrole nitrogens is 1. The molecular formula is C24H31N7O3S. The highest BCUT2D eigenvalue weighted by molar-refractivity contribution is 7.89. The highest BCUT2D eigenvalue weighted by Crippen LogP contribution is 2.28. The van der Waals surface area contributed by atoms with E-state index in [4.69, 9.17) is 0 Å². The van der Waals surface area contributed by atoms with Crippen LogP contribution in [0.1, 0.15) is 32.6 Å². The molecule has 2 aromatic heterocycles. The largest absolute Gasteiger partial charge is 0.375 e. The summed E-state index contributed by atoms with van der Waals surface area (Å²) in [5, 5.41) is 7.53. The maximum absolute atomic E-state index is 13.2. The second-order valence-corrected chi connectivity index (χ2v) is 11.1. The van der Waals surface area contributed by atoms with E-state index in [1.807, 2.05) is 24.1 Å². The van der Waals surface area contributed by atoms with Crippen molar-refractivity contribution in [1.29, 1.82) is 0 Å². The molecule has 35 heavy (non-hydrogen) atoms. The van der Waals surface area contributed by atoms with Gasteiger partial charge in [0, 0.05) is 37.9 Å². The van der Waals surface area contributed by atoms with Gasteiger partial charge in [-0.3, -0.25) is 4.79 Å². The second-order valence-electron chi connectivity index (χ2n) is 9.14. The van der Waals surface area contributed by atoms with Crippen LogP contribution in [-0.4, -0.2) is 76.7 Å². The fourth-order valence-corrected chi connectivity index (χ4v) is 6.71. The fraction of sp³-hybridized carbons (Fsp3) is 0.458. The van der Waals surface area contributed by atoms with E-state index in [0.29, 0.717) is 25.3 Å². The molecule has 2 unspecified atom stereocenters. The maximum Gasteiger partial charge on any atom is 0.245 e. The van der Waals surface area contributed by atoms with Gasteiger partial charge in [-0.2, -0.15) is 4.31 Å². The topological polar surface area (TPSA) is 123 Å². The summed E-state index contributed by atoms with van der Waals surface area (Å²) in [5.41, 5.74) is 1.23. The number of aromatic amines is 1. The summed E-state index contributed by atoms with van der Waals surface area (Å²) < 4.78 is 27.7. The third-order valence-electron chi connectivity index (χ3n) is 6.98. The number of rotatable bonds is 7. The highest BCUT2D eigenvalue weighted by Gasteiger charge is 2.32. The van der Waals surface area contributed by atoms with Gasteiger partial charge >= 0.3 is 0 Å². The lowest BCUT2D eigenvalue weighted by Gasteiger charge is -2.40. The first-order chi connectivity index (χ1) is 16.9. The predicted molar refractivity (Wildman–Crippen MR) is 135 cm³/mol. The van der Waals surface area contributed by atoms with Crippen LogP contribution in [0, 0.1) is 0 Å². The number of hydrogen-bond donors (Lipinski definition) is 3. The molecule has 0 spiro atoms. The molecule has 3 aromatic rings. The van der Waals surface area contributed by atoms with Crippen LogP contribution in [0.25, 0.3) is 11.0 Å². The number of nitrogens with one attached hydrogen (secondary N) is 3. The van der Waals surface area contributed by atoms with E-state index in [9.17, 15) is 13.2 Å². The molecule has 1 amide bonds. The summed E-state index contributed by atoms with van der Waals surface area (Å²) in [6.07, 6.45) is 6.90. The van der Waals surface area contributed by atoms with Crippen LogP contribution < -0.4 is 10.6 Å². The van der Waals surface area contributed by atoms with Gasteiger partial charge in [0.15, 0.2) is 0 Å². The van der Waals surface area contributed by atoms with Crippen LogP contribution in [0.15, 0.2) is 47.8 Å². The molecule has 1 aromatic carbocycles. The van der Waals surface area contributed by atoms with Crippen molar-refractivity contribution in [3.63, 3.8) is 0 Å². The van der Waals surface area contributed by atoms with Gasteiger partial charge in [-0.05, 0) is 50.8 Å². The average Bonchev–Trinajstić information content (AvgIpc) is 3.57. The van der Waals surface area contributed by atoms with E-state index in [-0.39, 0.29) is 29.4 Å². The predicted octanol–water partition coefficient (Wildman–Crippen LogP) is 2.65. The number of piperidine rings is 1. The van der Waals surface area contributed by atoms with E-state index in [0.717, 1.165) is 42.5 Å². The SMILES string of the molecule is CC1C(Nc2ncnc3[nH]ccc23)CCCN1C(=O)CNc1ccccc1S(=O)(=O)N1CCCC1. The van der Waals surface area contributed by atoms with Crippen LogP contribution in [0.4, 0.5) is 11.5 Å². The van der Waals surface area contributed by atoms with Gasteiger partial charge < -0.3 is 20.5 Å². The molecule has 2 atom stereocenters. The molecule has 10 nitrogen and oxygen atoms in total. The zero-order valence-corrected chi connectivity index (χ0v) is 20.6. The van der Waals surface area contributed by atoms with Crippen molar-refractivity contribution in [1.82, 2.24) is 24.2 Å². The Morgan fingerprint density at radius 1 is 1.11 bits per heavy atom. The number of nitrogens with zero attached hydrogens (tertiary/aromatic N) is 4. The molecule has 0 bridgehead atoms. The first kappa shape index (κ1) is 23.6. The van der Waals surface area contributed by atoms with Crippen LogP contribution in [0.2, 0.25) is 0 Å². The molecule has 0 saturated carbocycles. The summed E-state index contributed by atoms with van der Waals surface area (Å²) in [5.74, 6) is 0.688. The van der Waals surface area contributed by atoms with E-state index >= 15 is 0 Å². The Bertz CT molecular complexity index is 1300. The van der Waals surface area contributed by atoms with E-state index in [1.165, 1.54) is 10.6 Å². The van der Waals surface area contributed by atoms with Gasteiger partial charge in [-0.1, -0.05) is 12.1 Å². The lowest BCUT2D eigenvalue weighted by Crippen LogP contribution is -2.53. The molecule has 11 heteroatoms. The van der Waals surface area contributed by atoms with Crippen LogP contribution in [0.5, 0.6) is 0 Å². The van der Waals surface area contributed by atoms with Gasteiger partial charge in [0.1, 0.15) is 22.7 Å². The molecule has 3 N–H and O–H groups in total. The van der Waals surface area contributed by atoms with E-state index in [1.54, 1.807) is 24.3 Å². The fourth-order valence-electron chi connectivity index (χ4n) is 5.03. The molecule has 4 heterocycles. The summed E-state index contributed by atoms with van der Waals surface area (Å²) in [7, 11) is -3.59. The van der Waals surface area contributed by atoms with E-state index < -0.39 is 10.0 Å². The molecule has 5 rings (SSSR count). The molecular weight excluding hydrogens is 466 g/mol. The molecule has 2 saturated heterocycles. The second kappa shape index (κ2) is 9.82. The number of sulfonamides is 1. The number of aromatic nitrogens is 3. The number of para-hydroxylation sites is 1. The summed E-state index contributed by atoms with van der Waals surface area (Å²) in [4.78, 5) is 27.0. The van der Waals surface area contributed by atoms with Crippen molar-refractivity contribution < 1.29 is 13.2 Å². The Labute approximate surface area is 205 Å². The third kappa shape index (κ3) is 4.70. The number of carbonyl (C=O) groups excluding carboxylic acids is 1. The first-order valence-electron chi connectivity index (χ1n) is 12.1. The van der Waals surface area contributed by atoms with Crippen molar-refractivity contribution in [3.05, 3.63) is 42.9 Å². The number of carbonyl (C=O) groups is 1. The average molecular weight is 498 g/mol. The van der Waals surface area contributed by atoms with Crippen LogP contribution >= 0.6 is 0 Å². The van der Waals surface area contributed by atoms with Crippen LogP contribution in [-0.2, 0) is 14.8 Å². The summed E-state index contributed by atoms with van der Waals surface area (Å²) in [6, 6.07) is 8.75. The standard InChI is InChI=1S/C24H31N7O3S/c1-17-19(29-24-18-10-11-25-23(18)27-16-28-24)8-6-14-31(17)22(32)15-26-20-7-2-3-9-21(20)35(33,34)30-12-4-5-13-30/h2-3,7,9-11,16-17,19,26H,4-6,8,12-15H2,1H3,(H2,25,27,28,29). The van der Waals surface area contributed by atoms with Gasteiger partial charge in [-0.25, -0.2) is 18.4 Å². The first-order valence-corrected chi connectivity index (χ1v) is 13.6. The number of fused-ring (bicyclic) bond motifs is 1. The third-order valence-corrected chi connectivity index (χ3v) is 8.94. The Morgan fingerprint density at radius 2 is 1.91 bits per heavy atom. The number of benzene rings is 1. The smallest absolute Gasteiger partial charge is 0.245 e. The van der Waals surface area contributed by atoms with Crippen LogP contribution in [0.3, 0.4) is 0 Å². The quantitative estimate of drug-likeness (QED) is 0.458. The Balaban J connectivity index is 1.26. The molecule has 2 aliphatic heterocycles. The lowest BCUT2D eigenvalue weighted by molar-refractivity contribution is -0.132. The maximum atomic E-state index is 13.2. The van der Waals surface area contributed by atoms with Crippen molar-refractivity contribution in [3.8, 4) is 0 Å². The Kier molecular flexibility index (Phi) is 6.61. The van der Waals surface area contributed by atoms with Gasteiger partial charge in [-0.15, -0.1) is 0 Å². The van der Waals surface area contributed by atoms with Crippen molar-refractivity contribution >= 4 is 38.5 Å². The van der Waals surface area contributed by atoms with Gasteiger partial charge in [0.25, 0.3) is 0 Å². The van der Waals surface area contributed by atoms with Gasteiger partial charge in [0.05, 0.1) is 17.6 Å². The lowest BCUT2D eigenvalue weighted by atomic mass is 9.97. The van der Waals surface area contributed by atoms with Crippen molar-refractivity contribution in [2.45, 2.75) is 49.6 Å². The molecule has 0 aliphatic carbocycles. The van der Waals surface area contributed by atoms with Crippen molar-refractivity contribution in [2.75, 3.05) is 36.8 Å². The minimum Gasteiger partial charge on any atom is -0.375 e. The minimum absolute atomic E-state index is 0.0269. The summed E-state index contributed by atoms with van der Waals surface area (Å²) >= 11 is 0. The summed E-state index contributed by atoms with van der Waals surface area (Å²) in [6.45, 7) is 3.80. The van der Waals surface area contributed by atoms with Crippen molar-refractivity contribution in [2.24, 2.45) is 0 Å². The zero-order valence-electron chi connectivity index (χ0n) is 19.8. The molecule has 0 radical (unpaired) electrons. The molecule has 2 aliphatic rings. The highest BCUT2D eigenvalue weighted by atomic mass is 32.2. The normalized spacial score (nSPS) is 21.3. The number of likely N-dealkylation sites (tertiary alicyclic amines) is 1.